The first-order valence-electron chi connectivity index (χ1n) is 6.95. The van der Waals surface area contributed by atoms with Crippen molar-refractivity contribution in [3.05, 3.63) is 46.0 Å². The molecule has 0 unspecified atom stereocenters. The van der Waals surface area contributed by atoms with Gasteiger partial charge in [-0.1, -0.05) is 0 Å². The molecular weight excluding hydrogens is 348 g/mol. The van der Waals surface area contributed by atoms with Gasteiger partial charge in [0, 0.05) is 36.5 Å². The van der Waals surface area contributed by atoms with E-state index in [-0.39, 0.29) is 17.9 Å². The van der Waals surface area contributed by atoms with E-state index in [0.29, 0.717) is 17.7 Å². The van der Waals surface area contributed by atoms with Crippen molar-refractivity contribution in [3.8, 4) is 5.75 Å². The van der Waals surface area contributed by atoms with E-state index in [1.807, 2.05) is 0 Å². The maximum Gasteiger partial charge on any atom is 0.177 e. The first-order valence-corrected chi connectivity index (χ1v) is 7.73. The van der Waals surface area contributed by atoms with E-state index in [0.717, 1.165) is 17.8 Å². The molecule has 5 nitrogen and oxygen atoms in total. The molecule has 1 aromatic heterocycles. The van der Waals surface area contributed by atoms with Crippen molar-refractivity contribution in [3.63, 3.8) is 0 Å². The van der Waals surface area contributed by atoms with Crippen LogP contribution in [0.15, 0.2) is 18.3 Å². The van der Waals surface area contributed by atoms with Crippen LogP contribution in [-0.2, 0) is 6.42 Å². The number of nitrogens with one attached hydrogen (secondary N) is 2. The number of aliphatic hydroxyl groups excluding tert-OH is 1. The number of rotatable bonds is 4. The maximum atomic E-state index is 13.8. The SMILES string of the molecule is O[C@H]1c2cc(F)cc(F)c2OC[C@@H]1n1c(CCNCl)c[nH]c1=S. The Morgan fingerprint density at radius 1 is 1.48 bits per heavy atom. The van der Waals surface area contributed by atoms with Crippen molar-refractivity contribution < 1.29 is 18.6 Å². The quantitative estimate of drug-likeness (QED) is 0.579. The molecule has 0 saturated heterocycles. The number of aliphatic hydroxyl groups is 1. The molecule has 0 spiro atoms. The monoisotopic (exact) mass is 361 g/mol. The number of fused-ring (bicyclic) bond motifs is 1. The lowest BCUT2D eigenvalue weighted by atomic mass is 9.98. The molecule has 2 aromatic rings. The second kappa shape index (κ2) is 6.56. The van der Waals surface area contributed by atoms with Crippen LogP contribution in [0.4, 0.5) is 8.78 Å². The molecule has 9 heteroatoms. The fourth-order valence-electron chi connectivity index (χ4n) is 2.78. The third-order valence-electron chi connectivity index (χ3n) is 3.82. The number of nitrogens with zero attached hydrogens (tertiary/aromatic N) is 1. The number of hydrogen-bond donors (Lipinski definition) is 3. The number of aromatic amines is 1. The fourth-order valence-corrected chi connectivity index (χ4v) is 3.19. The number of aromatic nitrogens is 2. The minimum atomic E-state index is -1.14. The average Bonchev–Trinajstić information content (AvgIpc) is 2.87. The van der Waals surface area contributed by atoms with Crippen LogP contribution in [0, 0.1) is 16.4 Å². The van der Waals surface area contributed by atoms with Crippen LogP contribution in [0.1, 0.15) is 23.4 Å². The van der Waals surface area contributed by atoms with Crippen molar-refractivity contribution in [2.24, 2.45) is 0 Å². The Morgan fingerprint density at radius 2 is 2.26 bits per heavy atom. The zero-order valence-corrected chi connectivity index (χ0v) is 13.4. The van der Waals surface area contributed by atoms with Gasteiger partial charge in [0.25, 0.3) is 0 Å². The molecule has 0 fully saturated rings. The van der Waals surface area contributed by atoms with Crippen LogP contribution in [0.3, 0.4) is 0 Å². The van der Waals surface area contributed by atoms with Gasteiger partial charge in [0.1, 0.15) is 24.6 Å². The van der Waals surface area contributed by atoms with Crippen molar-refractivity contribution >= 4 is 24.0 Å². The molecule has 3 rings (SSSR count). The van der Waals surface area contributed by atoms with E-state index >= 15 is 0 Å². The summed E-state index contributed by atoms with van der Waals surface area (Å²) < 4.78 is 34.7. The van der Waals surface area contributed by atoms with Gasteiger partial charge in [-0.2, -0.15) is 0 Å². The maximum absolute atomic E-state index is 13.8. The van der Waals surface area contributed by atoms with Crippen molar-refractivity contribution in [1.82, 2.24) is 14.4 Å². The first-order chi connectivity index (χ1) is 11.0. The number of ether oxygens (including phenoxy) is 1. The Hall–Kier alpha value is -1.48. The Kier molecular flexibility index (Phi) is 4.67. The second-order valence-electron chi connectivity index (χ2n) is 5.22. The van der Waals surface area contributed by atoms with E-state index in [9.17, 15) is 13.9 Å². The van der Waals surface area contributed by atoms with Gasteiger partial charge in [0.2, 0.25) is 0 Å². The largest absolute Gasteiger partial charge is 0.488 e. The van der Waals surface area contributed by atoms with Crippen LogP contribution < -0.4 is 9.57 Å². The van der Waals surface area contributed by atoms with Crippen molar-refractivity contribution in [2.45, 2.75) is 18.6 Å². The lowest BCUT2D eigenvalue weighted by Gasteiger charge is -2.32. The molecule has 1 aliphatic rings. The van der Waals surface area contributed by atoms with Gasteiger partial charge in [0.15, 0.2) is 16.3 Å². The van der Waals surface area contributed by atoms with E-state index in [4.69, 9.17) is 28.7 Å². The summed E-state index contributed by atoms with van der Waals surface area (Å²) in [4.78, 5) is 5.42. The van der Waals surface area contributed by atoms with Gasteiger partial charge in [-0.05, 0) is 30.1 Å². The van der Waals surface area contributed by atoms with Crippen molar-refractivity contribution in [1.29, 1.82) is 0 Å². The number of hydrogen-bond acceptors (Lipinski definition) is 4. The summed E-state index contributed by atoms with van der Waals surface area (Å²) in [5, 5.41) is 10.6. The van der Waals surface area contributed by atoms with Gasteiger partial charge in [-0.15, -0.1) is 0 Å². The summed E-state index contributed by atoms with van der Waals surface area (Å²) in [7, 11) is 0. The van der Waals surface area contributed by atoms with Crippen LogP contribution >= 0.6 is 24.0 Å². The zero-order valence-electron chi connectivity index (χ0n) is 11.9. The molecule has 0 radical (unpaired) electrons. The van der Waals surface area contributed by atoms with Crippen LogP contribution in [-0.4, -0.2) is 27.8 Å². The third kappa shape index (κ3) is 2.99. The lowest BCUT2D eigenvalue weighted by molar-refractivity contribution is 0.0520. The molecular formula is C14H14ClF2N3O2S. The molecule has 0 bridgehead atoms. The molecule has 1 aliphatic heterocycles. The summed E-state index contributed by atoms with van der Waals surface area (Å²) in [5.74, 6) is -1.73. The summed E-state index contributed by atoms with van der Waals surface area (Å²) in [6, 6.07) is 1.21. The predicted molar refractivity (Wildman–Crippen MR) is 83.0 cm³/mol. The first kappa shape index (κ1) is 16.4. The molecule has 124 valence electrons. The topological polar surface area (TPSA) is 62.2 Å². The highest BCUT2D eigenvalue weighted by molar-refractivity contribution is 7.71. The second-order valence-corrected chi connectivity index (χ2v) is 5.87. The number of imidazole rings is 1. The molecule has 1 aromatic carbocycles. The molecule has 23 heavy (non-hydrogen) atoms. The number of H-pyrrole nitrogens is 1. The van der Waals surface area contributed by atoms with Gasteiger partial charge < -0.3 is 19.4 Å². The lowest BCUT2D eigenvalue weighted by Crippen LogP contribution is -2.31. The van der Waals surface area contributed by atoms with E-state index in [2.05, 4.69) is 9.82 Å². The smallest absolute Gasteiger partial charge is 0.177 e. The molecule has 2 atom stereocenters. The molecule has 0 aliphatic carbocycles. The number of halogens is 3. The highest BCUT2D eigenvalue weighted by Gasteiger charge is 2.34. The highest BCUT2D eigenvalue weighted by Crippen LogP contribution is 2.40. The Bertz CT molecular complexity index is 780. The molecule has 2 heterocycles. The minimum Gasteiger partial charge on any atom is -0.488 e. The molecule has 3 N–H and O–H groups in total. The zero-order chi connectivity index (χ0) is 16.6. The summed E-state index contributed by atoms with van der Waals surface area (Å²) in [5.41, 5.74) is 0.874. The van der Waals surface area contributed by atoms with Crippen LogP contribution in [0.2, 0.25) is 0 Å². The standard InChI is InChI=1S/C14H14ClF2N3O2S/c15-19-2-1-8-5-18-14(23)20(8)11-6-22-13-9(12(11)21)3-7(16)4-10(13)17/h3-5,11-12,19,21H,1-2,6H2,(H,18,23)/t11-,12-/m0/s1. The predicted octanol–water partition coefficient (Wildman–Crippen LogP) is 2.78. The Morgan fingerprint density at radius 3 is 3.00 bits per heavy atom. The van der Waals surface area contributed by atoms with Gasteiger partial charge >= 0.3 is 0 Å². The molecule has 0 amide bonds. The van der Waals surface area contributed by atoms with Gasteiger partial charge in [-0.25, -0.2) is 13.6 Å². The third-order valence-corrected chi connectivity index (χ3v) is 4.32. The Labute approximate surface area is 141 Å². The number of benzene rings is 1. The van der Waals surface area contributed by atoms with Crippen LogP contribution in [0.5, 0.6) is 5.75 Å². The molecule has 0 saturated carbocycles. The minimum absolute atomic E-state index is 0.0180. The van der Waals surface area contributed by atoms with E-state index in [1.54, 1.807) is 10.8 Å². The Balaban J connectivity index is 2.00. The van der Waals surface area contributed by atoms with E-state index in [1.165, 1.54) is 0 Å². The van der Waals surface area contributed by atoms with Crippen LogP contribution in [0.25, 0.3) is 0 Å². The normalized spacial score (nSPS) is 20.2. The average molecular weight is 362 g/mol. The summed E-state index contributed by atoms with van der Waals surface area (Å²) in [6.07, 6.45) is 1.13. The summed E-state index contributed by atoms with van der Waals surface area (Å²) >= 11 is 10.7. The highest BCUT2D eigenvalue weighted by atomic mass is 35.5. The van der Waals surface area contributed by atoms with E-state index < -0.39 is 23.8 Å². The van der Waals surface area contributed by atoms with Gasteiger partial charge in [0.05, 0.1) is 0 Å². The van der Waals surface area contributed by atoms with Crippen molar-refractivity contribution in [2.75, 3.05) is 13.2 Å². The van der Waals surface area contributed by atoms with Gasteiger partial charge in [-0.3, -0.25) is 0 Å². The fraction of sp³-hybridized carbons (Fsp3) is 0.357. The summed E-state index contributed by atoms with van der Waals surface area (Å²) in [6.45, 7) is 0.516.